The number of hydrogen-bond acceptors (Lipinski definition) is 2. The zero-order valence-corrected chi connectivity index (χ0v) is 28.8. The average molecular weight is 677 g/mol. The summed E-state index contributed by atoms with van der Waals surface area (Å²) in [7, 11) is 0. The number of para-hydroxylation sites is 3. The maximum atomic E-state index is 6.34. The van der Waals surface area contributed by atoms with Crippen LogP contribution in [-0.2, 0) is 0 Å². The maximum Gasteiger partial charge on any atom is 0.152 e. The molecule has 0 fully saturated rings. The number of aromatic nitrogens is 1. The van der Waals surface area contributed by atoms with Gasteiger partial charge in [0.25, 0.3) is 0 Å². The van der Waals surface area contributed by atoms with Crippen LogP contribution in [0.3, 0.4) is 0 Å². The Labute approximate surface area is 307 Å². The summed E-state index contributed by atoms with van der Waals surface area (Å²) in [6, 6.07) is 69.9. The van der Waals surface area contributed by atoms with E-state index >= 15 is 0 Å². The van der Waals surface area contributed by atoms with E-state index in [-0.39, 0.29) is 0 Å². The van der Waals surface area contributed by atoms with Crippen LogP contribution < -0.4 is 9.64 Å². The molecule has 1 aromatic heterocycles. The van der Waals surface area contributed by atoms with Gasteiger partial charge in [0.15, 0.2) is 11.5 Å². The molecule has 3 heteroatoms. The van der Waals surface area contributed by atoms with E-state index < -0.39 is 0 Å². The van der Waals surface area contributed by atoms with Crippen LogP contribution in [0.25, 0.3) is 71.3 Å². The Morgan fingerprint density at radius 3 is 1.64 bits per heavy atom. The molecule has 0 saturated heterocycles. The fourth-order valence-corrected chi connectivity index (χ4v) is 8.13. The van der Waals surface area contributed by atoms with Gasteiger partial charge < -0.3 is 14.2 Å². The number of ether oxygens (including phenoxy) is 1. The largest absolute Gasteiger partial charge is 0.453 e. The number of anilines is 3. The molecule has 0 amide bonds. The van der Waals surface area contributed by atoms with Crippen LogP contribution in [0.15, 0.2) is 194 Å². The summed E-state index contributed by atoms with van der Waals surface area (Å²) >= 11 is 0. The van der Waals surface area contributed by atoms with Crippen molar-refractivity contribution in [2.24, 2.45) is 0 Å². The molecule has 248 valence electrons. The highest BCUT2D eigenvalue weighted by molar-refractivity contribution is 6.13. The van der Waals surface area contributed by atoms with Gasteiger partial charge in [-0.05, 0) is 117 Å². The Kier molecular flexibility index (Phi) is 6.55. The lowest BCUT2D eigenvalue weighted by atomic mass is 10.0. The third kappa shape index (κ3) is 4.82. The lowest BCUT2D eigenvalue weighted by Gasteiger charge is -2.26. The molecule has 9 aromatic carbocycles. The zero-order valence-electron chi connectivity index (χ0n) is 28.8. The summed E-state index contributed by atoms with van der Waals surface area (Å²) < 4.78 is 8.69. The molecular formula is C50H32N2O. The maximum absolute atomic E-state index is 6.34. The molecular weight excluding hydrogens is 645 g/mol. The highest BCUT2D eigenvalue weighted by atomic mass is 16.5. The minimum absolute atomic E-state index is 0.879. The van der Waals surface area contributed by atoms with E-state index in [4.69, 9.17) is 4.74 Å². The molecule has 0 aliphatic carbocycles. The van der Waals surface area contributed by atoms with Crippen molar-refractivity contribution < 1.29 is 4.74 Å². The minimum atomic E-state index is 0.879. The van der Waals surface area contributed by atoms with Crippen LogP contribution in [0.2, 0.25) is 0 Å². The fraction of sp³-hybridized carbons (Fsp3) is 0. The molecule has 0 bridgehead atoms. The molecule has 11 rings (SSSR count). The Morgan fingerprint density at radius 2 is 0.906 bits per heavy atom. The van der Waals surface area contributed by atoms with Crippen LogP contribution in [0, 0.1) is 0 Å². The van der Waals surface area contributed by atoms with Crippen molar-refractivity contribution >= 4 is 60.4 Å². The predicted molar refractivity (Wildman–Crippen MR) is 221 cm³/mol. The summed E-state index contributed by atoms with van der Waals surface area (Å²) in [4.78, 5) is 2.35. The van der Waals surface area contributed by atoms with E-state index in [0.29, 0.717) is 0 Å². The minimum Gasteiger partial charge on any atom is -0.453 e. The first-order valence-electron chi connectivity index (χ1n) is 18.1. The summed E-state index contributed by atoms with van der Waals surface area (Å²) in [6.07, 6.45) is 0. The third-order valence-electron chi connectivity index (χ3n) is 10.7. The van der Waals surface area contributed by atoms with Gasteiger partial charge >= 0.3 is 0 Å². The van der Waals surface area contributed by atoms with Gasteiger partial charge in [0.2, 0.25) is 0 Å². The lowest BCUT2D eigenvalue weighted by Crippen LogP contribution is -2.09. The van der Waals surface area contributed by atoms with Gasteiger partial charge in [-0.25, -0.2) is 0 Å². The monoisotopic (exact) mass is 676 g/mol. The smallest absolute Gasteiger partial charge is 0.152 e. The first-order valence-corrected chi connectivity index (χ1v) is 18.1. The van der Waals surface area contributed by atoms with Crippen molar-refractivity contribution in [3.8, 4) is 39.4 Å². The van der Waals surface area contributed by atoms with Crippen LogP contribution >= 0.6 is 0 Å². The second-order valence-corrected chi connectivity index (χ2v) is 13.8. The molecule has 1 aliphatic heterocycles. The topological polar surface area (TPSA) is 17.4 Å². The summed E-state index contributed by atoms with van der Waals surface area (Å²) in [5, 5.41) is 7.36. The van der Waals surface area contributed by atoms with Gasteiger partial charge in [-0.1, -0.05) is 121 Å². The fourth-order valence-electron chi connectivity index (χ4n) is 8.13. The van der Waals surface area contributed by atoms with E-state index in [2.05, 4.69) is 191 Å². The highest BCUT2D eigenvalue weighted by Crippen LogP contribution is 2.46. The molecule has 3 nitrogen and oxygen atoms in total. The van der Waals surface area contributed by atoms with Crippen molar-refractivity contribution in [2.75, 3.05) is 4.90 Å². The van der Waals surface area contributed by atoms with Crippen molar-refractivity contribution in [1.29, 1.82) is 0 Å². The van der Waals surface area contributed by atoms with Crippen molar-refractivity contribution in [3.05, 3.63) is 194 Å². The average Bonchev–Trinajstić information content (AvgIpc) is 3.56. The number of benzene rings is 9. The van der Waals surface area contributed by atoms with E-state index in [1.807, 2.05) is 12.1 Å². The number of hydrogen-bond donors (Lipinski definition) is 0. The Balaban J connectivity index is 0.993. The number of rotatable bonds is 5. The van der Waals surface area contributed by atoms with Crippen LogP contribution in [0.1, 0.15) is 0 Å². The molecule has 0 spiro atoms. The third-order valence-corrected chi connectivity index (χ3v) is 10.7. The van der Waals surface area contributed by atoms with Crippen LogP contribution in [-0.4, -0.2) is 4.57 Å². The molecule has 10 aromatic rings. The van der Waals surface area contributed by atoms with Gasteiger partial charge in [0.1, 0.15) is 0 Å². The molecule has 0 saturated carbocycles. The molecule has 0 N–H and O–H groups in total. The number of fused-ring (bicyclic) bond motifs is 7. The zero-order chi connectivity index (χ0) is 34.9. The Bertz CT molecular complexity index is 3030. The predicted octanol–water partition coefficient (Wildman–Crippen LogP) is 14.0. The molecule has 2 heterocycles. The normalized spacial score (nSPS) is 11.9. The summed E-state index contributed by atoms with van der Waals surface area (Å²) in [6.45, 7) is 0. The van der Waals surface area contributed by atoms with Gasteiger partial charge in [-0.3, -0.25) is 0 Å². The van der Waals surface area contributed by atoms with E-state index in [0.717, 1.165) is 39.8 Å². The quantitative estimate of drug-likeness (QED) is 0.181. The van der Waals surface area contributed by atoms with Gasteiger partial charge in [0, 0.05) is 27.8 Å². The van der Waals surface area contributed by atoms with Gasteiger partial charge in [-0.15, -0.1) is 0 Å². The lowest BCUT2D eigenvalue weighted by molar-refractivity contribution is 0.476. The standard InChI is InChI=1S/C50H32N2O/c1-3-10-37-30-39(17-16-33(37)8-1)35-18-24-41(25-19-35)51(43-28-22-34-9-2-4-11-38(34)31-43)42-26-20-36(21-27-42)40-23-29-46-45(32-40)44-12-7-15-49-50(44)52(46)47-13-5-6-14-48(47)53-49/h1-32H. The molecule has 0 radical (unpaired) electrons. The number of nitrogens with zero attached hydrogens (tertiary/aromatic N) is 2. The molecule has 53 heavy (non-hydrogen) atoms. The van der Waals surface area contributed by atoms with Crippen LogP contribution in [0.5, 0.6) is 11.5 Å². The summed E-state index contributed by atoms with van der Waals surface area (Å²) in [5.74, 6) is 1.77. The first kappa shape index (κ1) is 29.6. The second kappa shape index (κ2) is 11.7. The summed E-state index contributed by atoms with van der Waals surface area (Å²) in [5.41, 5.74) is 11.5. The second-order valence-electron chi connectivity index (χ2n) is 13.8. The van der Waals surface area contributed by atoms with Crippen molar-refractivity contribution in [3.63, 3.8) is 0 Å². The molecule has 0 unspecified atom stereocenters. The van der Waals surface area contributed by atoms with Gasteiger partial charge in [-0.2, -0.15) is 0 Å². The Hall–Kier alpha value is -7.10. The SMILES string of the molecule is c1ccc2c(c1)Oc1cccc3c4cc(-c5ccc(N(c6ccc(-c7ccc8ccccc8c7)cc6)c6ccc7ccccc7c6)cc5)ccc4n-2c13. The molecule has 1 aliphatic rings. The van der Waals surface area contributed by atoms with Crippen molar-refractivity contribution in [1.82, 2.24) is 4.57 Å². The van der Waals surface area contributed by atoms with Crippen LogP contribution in [0.4, 0.5) is 17.1 Å². The van der Waals surface area contributed by atoms with E-state index in [1.165, 1.54) is 60.1 Å². The highest BCUT2D eigenvalue weighted by Gasteiger charge is 2.23. The van der Waals surface area contributed by atoms with E-state index in [1.54, 1.807) is 0 Å². The van der Waals surface area contributed by atoms with Crippen molar-refractivity contribution in [2.45, 2.75) is 0 Å². The first-order chi connectivity index (χ1) is 26.2. The van der Waals surface area contributed by atoms with Gasteiger partial charge in [0.05, 0.1) is 16.7 Å². The Morgan fingerprint density at radius 1 is 0.358 bits per heavy atom. The molecule has 0 atom stereocenters. The van der Waals surface area contributed by atoms with E-state index in [9.17, 15) is 0 Å².